The number of aromatic nitrogens is 1. The minimum Gasteiger partial charge on any atom is -0.361 e. The van der Waals surface area contributed by atoms with Crippen molar-refractivity contribution in [3.8, 4) is 0 Å². The fraction of sp³-hybridized carbons (Fsp3) is 0.733. The van der Waals surface area contributed by atoms with Gasteiger partial charge >= 0.3 is 0 Å². The minimum absolute atomic E-state index is 0.0241. The van der Waals surface area contributed by atoms with Crippen molar-refractivity contribution in [2.45, 2.75) is 52.5 Å². The molecule has 1 fully saturated rings. The van der Waals surface area contributed by atoms with Crippen molar-refractivity contribution in [1.82, 2.24) is 14.8 Å². The van der Waals surface area contributed by atoms with Crippen LogP contribution in [-0.4, -0.2) is 48.7 Å². The first-order valence-corrected chi connectivity index (χ1v) is 9.63. The van der Waals surface area contributed by atoms with Crippen LogP contribution in [-0.2, 0) is 21.2 Å². The van der Waals surface area contributed by atoms with Crippen LogP contribution in [0.1, 0.15) is 43.2 Å². The molecule has 0 spiro atoms. The zero-order valence-corrected chi connectivity index (χ0v) is 14.8. The van der Waals surface area contributed by atoms with E-state index in [1.54, 1.807) is 6.92 Å². The summed E-state index contributed by atoms with van der Waals surface area (Å²) in [5.41, 5.74) is 1.56. The largest absolute Gasteiger partial charge is 0.361 e. The molecule has 2 heterocycles. The molecule has 23 heavy (non-hydrogen) atoms. The van der Waals surface area contributed by atoms with E-state index in [9.17, 15) is 13.2 Å². The topological polar surface area (TPSA) is 92.5 Å². The number of rotatable bonds is 6. The van der Waals surface area contributed by atoms with E-state index in [1.165, 1.54) is 4.31 Å². The Morgan fingerprint density at radius 1 is 1.35 bits per heavy atom. The molecule has 130 valence electrons. The third-order valence-corrected chi connectivity index (χ3v) is 6.27. The van der Waals surface area contributed by atoms with Gasteiger partial charge in [-0.3, -0.25) is 4.79 Å². The average molecular weight is 343 g/mol. The number of nitrogens with one attached hydrogen (secondary N) is 1. The maximum absolute atomic E-state index is 12.2. The average Bonchev–Trinajstić information content (AvgIpc) is 2.79. The van der Waals surface area contributed by atoms with E-state index in [2.05, 4.69) is 10.5 Å². The van der Waals surface area contributed by atoms with Crippen LogP contribution in [0.4, 0.5) is 0 Å². The van der Waals surface area contributed by atoms with Gasteiger partial charge in [-0.2, -0.15) is 0 Å². The number of nitrogens with zero attached hydrogens (tertiary/aromatic N) is 2. The van der Waals surface area contributed by atoms with E-state index in [0.29, 0.717) is 38.1 Å². The fourth-order valence-corrected chi connectivity index (χ4v) is 4.40. The second-order valence-corrected chi connectivity index (χ2v) is 8.12. The minimum atomic E-state index is -3.14. The highest BCUT2D eigenvalue weighted by atomic mass is 32.2. The summed E-state index contributed by atoms with van der Waals surface area (Å²) in [7, 11) is -3.14. The van der Waals surface area contributed by atoms with Gasteiger partial charge in [0.1, 0.15) is 5.76 Å². The molecule has 8 heteroatoms. The van der Waals surface area contributed by atoms with E-state index in [4.69, 9.17) is 4.52 Å². The molecule has 0 aliphatic carbocycles. The first-order valence-electron chi connectivity index (χ1n) is 8.02. The SMILES string of the molecule is CCCS(=O)(=O)N1CCC(NC(=O)Cc2c(C)noc2C)CC1. The van der Waals surface area contributed by atoms with Crippen LogP contribution in [0, 0.1) is 13.8 Å². The third-order valence-electron chi connectivity index (χ3n) is 4.19. The number of hydrogen-bond donors (Lipinski definition) is 1. The second-order valence-electron chi connectivity index (χ2n) is 6.04. The molecular formula is C15H25N3O4S. The Hall–Kier alpha value is -1.41. The quantitative estimate of drug-likeness (QED) is 0.836. The van der Waals surface area contributed by atoms with Gasteiger partial charge in [0.05, 0.1) is 17.9 Å². The van der Waals surface area contributed by atoms with Crippen molar-refractivity contribution >= 4 is 15.9 Å². The van der Waals surface area contributed by atoms with Gasteiger partial charge in [-0.15, -0.1) is 0 Å². The summed E-state index contributed by atoms with van der Waals surface area (Å²) in [6.45, 7) is 6.41. The second kappa shape index (κ2) is 7.44. The van der Waals surface area contributed by atoms with Gasteiger partial charge in [0, 0.05) is 24.7 Å². The first kappa shape index (κ1) is 17.9. The molecule has 1 aliphatic heterocycles. The Kier molecular flexibility index (Phi) is 5.80. The zero-order chi connectivity index (χ0) is 17.0. The van der Waals surface area contributed by atoms with Gasteiger partial charge in [0.15, 0.2) is 0 Å². The van der Waals surface area contributed by atoms with Crippen LogP contribution in [0.5, 0.6) is 0 Å². The molecule has 0 radical (unpaired) electrons. The molecule has 0 aromatic carbocycles. The van der Waals surface area contributed by atoms with Crippen LogP contribution in [0.25, 0.3) is 0 Å². The van der Waals surface area contributed by atoms with Crippen molar-refractivity contribution in [1.29, 1.82) is 0 Å². The third kappa shape index (κ3) is 4.54. The number of sulfonamides is 1. The number of carbonyl (C=O) groups excluding carboxylic acids is 1. The zero-order valence-electron chi connectivity index (χ0n) is 14.0. The van der Waals surface area contributed by atoms with Gasteiger partial charge in [0.25, 0.3) is 0 Å². The Bertz CT molecular complexity index is 626. The van der Waals surface area contributed by atoms with Crippen LogP contribution in [0.15, 0.2) is 4.52 Å². The lowest BCUT2D eigenvalue weighted by Gasteiger charge is -2.31. The van der Waals surface area contributed by atoms with Gasteiger partial charge in [-0.05, 0) is 33.1 Å². The predicted molar refractivity (Wildman–Crippen MR) is 86.5 cm³/mol. The normalized spacial score (nSPS) is 17.3. The smallest absolute Gasteiger partial charge is 0.224 e. The maximum atomic E-state index is 12.2. The van der Waals surface area contributed by atoms with Crippen molar-refractivity contribution in [2.24, 2.45) is 0 Å². The van der Waals surface area contributed by atoms with E-state index in [0.717, 1.165) is 11.3 Å². The van der Waals surface area contributed by atoms with E-state index in [1.807, 2.05) is 13.8 Å². The lowest BCUT2D eigenvalue weighted by molar-refractivity contribution is -0.121. The molecule has 0 bridgehead atoms. The molecule has 0 saturated carbocycles. The summed E-state index contributed by atoms with van der Waals surface area (Å²) in [5, 5.41) is 6.83. The van der Waals surface area contributed by atoms with Gasteiger partial charge < -0.3 is 9.84 Å². The number of amides is 1. The molecule has 1 aliphatic rings. The fourth-order valence-electron chi connectivity index (χ4n) is 2.86. The highest BCUT2D eigenvalue weighted by Gasteiger charge is 2.28. The Labute approximate surface area is 137 Å². The standard InChI is InChI=1S/C15H25N3O4S/c1-4-9-23(20,21)18-7-5-13(6-8-18)16-15(19)10-14-11(2)17-22-12(14)3/h13H,4-10H2,1-3H3,(H,16,19). The highest BCUT2D eigenvalue weighted by molar-refractivity contribution is 7.89. The lowest BCUT2D eigenvalue weighted by Crippen LogP contribution is -2.47. The van der Waals surface area contributed by atoms with E-state index in [-0.39, 0.29) is 24.1 Å². The van der Waals surface area contributed by atoms with Gasteiger partial charge in [0.2, 0.25) is 15.9 Å². The summed E-state index contributed by atoms with van der Waals surface area (Å²) in [6, 6.07) is 0.0241. The predicted octanol–water partition coefficient (Wildman–Crippen LogP) is 1.15. The van der Waals surface area contributed by atoms with Gasteiger partial charge in [-0.1, -0.05) is 12.1 Å². The highest BCUT2D eigenvalue weighted by Crippen LogP contribution is 2.16. The molecule has 7 nitrogen and oxygen atoms in total. The molecular weight excluding hydrogens is 318 g/mol. The molecule has 1 amide bonds. The summed E-state index contributed by atoms with van der Waals surface area (Å²) >= 11 is 0. The summed E-state index contributed by atoms with van der Waals surface area (Å²) in [6.07, 6.45) is 2.17. The maximum Gasteiger partial charge on any atom is 0.224 e. The number of carbonyl (C=O) groups is 1. The van der Waals surface area contributed by atoms with Crippen molar-refractivity contribution in [2.75, 3.05) is 18.8 Å². The molecule has 1 aromatic heterocycles. The number of aryl methyl sites for hydroxylation is 2. The number of piperidine rings is 1. The first-order chi connectivity index (χ1) is 10.8. The molecule has 2 rings (SSSR count). The Balaban J connectivity index is 1.83. The van der Waals surface area contributed by atoms with Crippen LogP contribution >= 0.6 is 0 Å². The molecule has 0 unspecified atom stereocenters. The Morgan fingerprint density at radius 3 is 2.52 bits per heavy atom. The molecule has 1 aromatic rings. The summed E-state index contributed by atoms with van der Waals surface area (Å²) in [4.78, 5) is 12.2. The van der Waals surface area contributed by atoms with E-state index < -0.39 is 10.0 Å². The van der Waals surface area contributed by atoms with Crippen LogP contribution in [0.2, 0.25) is 0 Å². The van der Waals surface area contributed by atoms with Gasteiger partial charge in [-0.25, -0.2) is 12.7 Å². The van der Waals surface area contributed by atoms with E-state index >= 15 is 0 Å². The summed E-state index contributed by atoms with van der Waals surface area (Å²) < 4.78 is 30.6. The van der Waals surface area contributed by atoms with Crippen molar-refractivity contribution in [3.63, 3.8) is 0 Å². The van der Waals surface area contributed by atoms with Crippen LogP contribution in [0.3, 0.4) is 0 Å². The van der Waals surface area contributed by atoms with Crippen molar-refractivity contribution in [3.05, 3.63) is 17.0 Å². The van der Waals surface area contributed by atoms with Crippen molar-refractivity contribution < 1.29 is 17.7 Å². The molecule has 1 saturated heterocycles. The molecule has 1 N–H and O–H groups in total. The van der Waals surface area contributed by atoms with Crippen LogP contribution < -0.4 is 5.32 Å². The summed E-state index contributed by atoms with van der Waals surface area (Å²) in [5.74, 6) is 0.781. The lowest BCUT2D eigenvalue weighted by atomic mass is 10.1. The molecule has 0 atom stereocenters. The Morgan fingerprint density at radius 2 is 2.00 bits per heavy atom. The number of hydrogen-bond acceptors (Lipinski definition) is 5. The monoisotopic (exact) mass is 343 g/mol.